The minimum absolute atomic E-state index is 0.140. The Morgan fingerprint density at radius 3 is 2.85 bits per heavy atom. The predicted molar refractivity (Wildman–Crippen MR) is 73.0 cm³/mol. The number of anilines is 1. The summed E-state index contributed by atoms with van der Waals surface area (Å²) < 4.78 is 43.5. The van der Waals surface area contributed by atoms with Gasteiger partial charge in [-0.05, 0) is 18.2 Å². The third-order valence-electron chi connectivity index (χ3n) is 2.15. The molecule has 0 fully saturated rings. The van der Waals surface area contributed by atoms with Crippen LogP contribution in [-0.2, 0) is 10.0 Å². The van der Waals surface area contributed by atoms with Gasteiger partial charge in [-0.1, -0.05) is 16.3 Å². The summed E-state index contributed by atoms with van der Waals surface area (Å²) in [6.07, 6.45) is 1.24. The average molecular weight is 312 g/mol. The Labute approximate surface area is 119 Å². The smallest absolute Gasteiger partial charge is 0.265 e. The quantitative estimate of drug-likeness (QED) is 0.817. The molecule has 1 aromatic heterocycles. The number of nitrogens with zero attached hydrogens (tertiary/aromatic N) is 2. The van der Waals surface area contributed by atoms with E-state index in [9.17, 15) is 12.8 Å². The second-order valence-electron chi connectivity index (χ2n) is 3.54. The first-order valence-corrected chi connectivity index (χ1v) is 7.57. The van der Waals surface area contributed by atoms with E-state index in [4.69, 9.17) is 5.73 Å². The van der Waals surface area contributed by atoms with Crippen LogP contribution < -0.4 is 10.5 Å². The fourth-order valence-electron chi connectivity index (χ4n) is 1.35. The molecule has 0 radical (unpaired) electrons. The number of sulfonamides is 1. The second-order valence-corrected chi connectivity index (χ2v) is 5.97. The first kappa shape index (κ1) is 14.4. The highest BCUT2D eigenvalue weighted by molar-refractivity contribution is 7.93. The van der Waals surface area contributed by atoms with Gasteiger partial charge in [-0.3, -0.25) is 4.72 Å². The molecule has 0 bridgehead atoms. The van der Waals surface area contributed by atoms with E-state index in [0.717, 1.165) is 23.7 Å². The number of nitrogens with one attached hydrogen (secondary N) is 1. The molecule has 1 heterocycles. The van der Waals surface area contributed by atoms with Gasteiger partial charge in [0.15, 0.2) is 0 Å². The summed E-state index contributed by atoms with van der Waals surface area (Å²) in [7, 11) is -4.02. The van der Waals surface area contributed by atoms with E-state index in [1.807, 2.05) is 0 Å². The fourth-order valence-corrected chi connectivity index (χ4v) is 3.09. The third kappa shape index (κ3) is 3.30. The number of nitrogens with two attached hydrogens (primary N) is 1. The van der Waals surface area contributed by atoms with Crippen molar-refractivity contribution in [3.8, 4) is 11.8 Å². The van der Waals surface area contributed by atoms with Gasteiger partial charge in [-0.2, -0.15) is 0 Å². The van der Waals surface area contributed by atoms with Gasteiger partial charge in [0.1, 0.15) is 15.7 Å². The van der Waals surface area contributed by atoms with E-state index in [2.05, 4.69) is 26.1 Å². The van der Waals surface area contributed by atoms with Crippen LogP contribution in [-0.4, -0.2) is 24.5 Å². The van der Waals surface area contributed by atoms with Gasteiger partial charge in [0.2, 0.25) is 0 Å². The summed E-state index contributed by atoms with van der Waals surface area (Å²) in [5.41, 5.74) is 5.56. The Balaban J connectivity index is 2.33. The Kier molecular flexibility index (Phi) is 4.29. The summed E-state index contributed by atoms with van der Waals surface area (Å²) in [6.45, 7) is 0.140. The van der Waals surface area contributed by atoms with Gasteiger partial charge in [0.25, 0.3) is 10.0 Å². The monoisotopic (exact) mass is 312 g/mol. The summed E-state index contributed by atoms with van der Waals surface area (Å²) in [5, 5.41) is 3.69. The first-order chi connectivity index (χ1) is 9.53. The Hall–Kier alpha value is -2.02. The van der Waals surface area contributed by atoms with Crippen molar-refractivity contribution in [1.82, 2.24) is 9.59 Å². The molecule has 2 aromatic rings. The van der Waals surface area contributed by atoms with Crippen LogP contribution in [0.2, 0.25) is 0 Å². The molecule has 3 N–H and O–H groups in total. The summed E-state index contributed by atoms with van der Waals surface area (Å²) in [5.74, 6) is 4.29. The maximum Gasteiger partial charge on any atom is 0.265 e. The lowest BCUT2D eigenvalue weighted by Gasteiger charge is -2.06. The predicted octanol–water partition coefficient (Wildman–Crippen LogP) is 0.788. The van der Waals surface area contributed by atoms with Crippen molar-refractivity contribution in [3.63, 3.8) is 0 Å². The number of benzene rings is 1. The van der Waals surface area contributed by atoms with Gasteiger partial charge in [0, 0.05) is 17.1 Å². The number of aromatic nitrogens is 2. The zero-order chi connectivity index (χ0) is 14.6. The highest BCUT2D eigenvalue weighted by atomic mass is 32.2. The van der Waals surface area contributed by atoms with Crippen molar-refractivity contribution in [2.45, 2.75) is 4.90 Å². The molecule has 0 aliphatic rings. The van der Waals surface area contributed by atoms with E-state index in [1.165, 1.54) is 12.3 Å². The molecule has 0 spiro atoms. The molecule has 0 aliphatic heterocycles. The first-order valence-electron chi connectivity index (χ1n) is 5.31. The van der Waals surface area contributed by atoms with Crippen molar-refractivity contribution >= 4 is 26.6 Å². The zero-order valence-corrected chi connectivity index (χ0v) is 11.6. The van der Waals surface area contributed by atoms with E-state index in [0.29, 0.717) is 5.56 Å². The molecule has 0 aliphatic carbocycles. The lowest BCUT2D eigenvalue weighted by Crippen LogP contribution is -2.13. The van der Waals surface area contributed by atoms with E-state index in [1.54, 1.807) is 0 Å². The highest BCUT2D eigenvalue weighted by Crippen LogP contribution is 2.20. The van der Waals surface area contributed by atoms with Crippen molar-refractivity contribution in [1.29, 1.82) is 0 Å². The van der Waals surface area contributed by atoms with Crippen LogP contribution in [0.25, 0.3) is 0 Å². The van der Waals surface area contributed by atoms with E-state index >= 15 is 0 Å². The maximum absolute atomic E-state index is 13.9. The van der Waals surface area contributed by atoms with Gasteiger partial charge >= 0.3 is 0 Å². The molecule has 20 heavy (non-hydrogen) atoms. The topological polar surface area (TPSA) is 98.0 Å². The third-order valence-corrected chi connectivity index (χ3v) is 4.26. The molecule has 0 atom stereocenters. The molecule has 0 amide bonds. The van der Waals surface area contributed by atoms with Crippen LogP contribution in [0.5, 0.6) is 0 Å². The van der Waals surface area contributed by atoms with Crippen molar-refractivity contribution in [3.05, 3.63) is 35.8 Å². The van der Waals surface area contributed by atoms with Crippen LogP contribution in [0.15, 0.2) is 29.3 Å². The minimum Gasteiger partial charge on any atom is -0.320 e. The maximum atomic E-state index is 13.9. The van der Waals surface area contributed by atoms with Crippen molar-refractivity contribution in [2.75, 3.05) is 11.3 Å². The minimum atomic E-state index is -4.02. The lowest BCUT2D eigenvalue weighted by atomic mass is 10.2. The molecule has 0 saturated heterocycles. The normalized spacial score (nSPS) is 10.7. The Bertz CT molecular complexity index is 763. The van der Waals surface area contributed by atoms with Gasteiger partial charge in [-0.15, -0.1) is 5.10 Å². The zero-order valence-electron chi connectivity index (χ0n) is 10.00. The number of halogens is 1. The van der Waals surface area contributed by atoms with Crippen LogP contribution in [0.4, 0.5) is 9.39 Å². The molecule has 1 aromatic carbocycles. The van der Waals surface area contributed by atoms with E-state index < -0.39 is 20.7 Å². The van der Waals surface area contributed by atoms with Crippen LogP contribution >= 0.6 is 11.5 Å². The Morgan fingerprint density at radius 1 is 1.45 bits per heavy atom. The van der Waals surface area contributed by atoms with Crippen LogP contribution in [0.1, 0.15) is 5.56 Å². The molecule has 0 unspecified atom stereocenters. The van der Waals surface area contributed by atoms with Crippen molar-refractivity contribution < 1.29 is 12.8 Å². The summed E-state index contributed by atoms with van der Waals surface area (Å²) >= 11 is 0.854. The number of hydrogen-bond acceptors (Lipinski definition) is 6. The number of rotatable bonds is 3. The molecular formula is C11H9FN4O2S2. The van der Waals surface area contributed by atoms with Gasteiger partial charge in [-0.25, -0.2) is 12.8 Å². The van der Waals surface area contributed by atoms with Crippen LogP contribution in [0, 0.1) is 17.7 Å². The van der Waals surface area contributed by atoms with Gasteiger partial charge < -0.3 is 5.73 Å². The summed E-state index contributed by atoms with van der Waals surface area (Å²) in [6, 6.07) is 3.60. The molecule has 2 rings (SSSR count). The SMILES string of the molecule is NCC#Cc1ccc(S(=O)(=O)Nc2cnns2)c(F)c1. The highest BCUT2D eigenvalue weighted by Gasteiger charge is 2.20. The molecule has 104 valence electrons. The molecule has 0 saturated carbocycles. The van der Waals surface area contributed by atoms with Gasteiger partial charge in [0.05, 0.1) is 12.7 Å². The average Bonchev–Trinajstić information content (AvgIpc) is 2.88. The molecular weight excluding hydrogens is 303 g/mol. The largest absolute Gasteiger partial charge is 0.320 e. The lowest BCUT2D eigenvalue weighted by molar-refractivity contribution is 0.570. The Morgan fingerprint density at radius 2 is 2.25 bits per heavy atom. The standard InChI is InChI=1S/C11H9FN4O2S2/c12-9-6-8(2-1-5-13)3-4-10(9)20(17,18)15-11-7-14-16-19-11/h3-4,6-7,15H,5,13H2. The molecule has 9 heteroatoms. The number of hydrogen-bond donors (Lipinski definition) is 2. The van der Waals surface area contributed by atoms with E-state index in [-0.39, 0.29) is 11.5 Å². The fraction of sp³-hybridized carbons (Fsp3) is 0.0909. The van der Waals surface area contributed by atoms with Crippen LogP contribution in [0.3, 0.4) is 0 Å². The van der Waals surface area contributed by atoms with Crippen molar-refractivity contribution in [2.24, 2.45) is 5.73 Å². The second kappa shape index (κ2) is 5.96. The summed E-state index contributed by atoms with van der Waals surface area (Å²) in [4.78, 5) is -0.468. The molecule has 6 nitrogen and oxygen atoms in total.